The van der Waals surface area contributed by atoms with Crippen LogP contribution >= 0.6 is 0 Å². The first-order valence-corrected chi connectivity index (χ1v) is 12.1. The van der Waals surface area contributed by atoms with Gasteiger partial charge in [-0.1, -0.05) is 12.5 Å². The number of likely N-dealkylation sites (tertiary alicyclic amines) is 1. The van der Waals surface area contributed by atoms with Crippen LogP contribution in [0.1, 0.15) is 80.1 Å². The summed E-state index contributed by atoms with van der Waals surface area (Å²) in [4.78, 5) is 58.1. The van der Waals surface area contributed by atoms with E-state index in [0.29, 0.717) is 0 Å². The van der Waals surface area contributed by atoms with E-state index in [1.54, 1.807) is 0 Å². The lowest BCUT2D eigenvalue weighted by Gasteiger charge is -2.28. The van der Waals surface area contributed by atoms with Crippen molar-refractivity contribution in [1.82, 2.24) is 4.90 Å². The molecule has 3 atom stereocenters. The first-order valence-electron chi connectivity index (χ1n) is 12.1. The Kier molecular flexibility index (Phi) is 12.0. The normalized spacial score (nSPS) is 23.2. The van der Waals surface area contributed by atoms with Crippen LogP contribution in [0.2, 0.25) is 0 Å². The van der Waals surface area contributed by atoms with Gasteiger partial charge in [-0.05, 0) is 67.2 Å². The molecule has 2 heterocycles. The van der Waals surface area contributed by atoms with Gasteiger partial charge in [-0.25, -0.2) is 4.79 Å². The number of nitrogens with zero attached hydrogens (tertiary/aromatic N) is 2. The third-order valence-electron chi connectivity index (χ3n) is 5.45. The molecule has 0 radical (unpaired) electrons. The second-order valence-electron chi connectivity index (χ2n) is 10.7. The highest BCUT2D eigenvalue weighted by molar-refractivity contribution is 6.09. The number of hydrogen-bond donors (Lipinski definition) is 0. The molecule has 3 aliphatic rings. The molecular weight excluding hydrogens is 452 g/mol. The number of hydrogen-bond acceptors (Lipinski definition) is 8. The Hall–Kier alpha value is -2.84. The van der Waals surface area contributed by atoms with E-state index in [-0.39, 0.29) is 42.5 Å². The number of aldehydes is 3. The first-order chi connectivity index (χ1) is 16.3. The number of carbonyl (C=O) groups excluding carboxylic acids is 5. The molecule has 1 saturated heterocycles. The Morgan fingerprint density at radius 3 is 2.06 bits per heavy atom. The third kappa shape index (κ3) is 11.0. The molecule has 3 rings (SSSR count). The van der Waals surface area contributed by atoms with Gasteiger partial charge in [0.1, 0.15) is 17.5 Å². The van der Waals surface area contributed by atoms with Crippen LogP contribution in [0, 0.1) is 11.8 Å². The van der Waals surface area contributed by atoms with E-state index in [2.05, 4.69) is 4.99 Å². The van der Waals surface area contributed by atoms with Crippen molar-refractivity contribution in [2.75, 3.05) is 6.54 Å². The van der Waals surface area contributed by atoms with Crippen molar-refractivity contribution in [2.45, 2.75) is 97.3 Å². The van der Waals surface area contributed by atoms with Crippen LogP contribution in [0.4, 0.5) is 4.79 Å². The molecule has 0 bridgehead atoms. The van der Waals surface area contributed by atoms with Crippen LogP contribution in [0.5, 0.6) is 0 Å². The van der Waals surface area contributed by atoms with Crippen LogP contribution in [0.25, 0.3) is 0 Å². The van der Waals surface area contributed by atoms with E-state index in [1.165, 1.54) is 0 Å². The minimum absolute atomic E-state index is 0.121. The van der Waals surface area contributed by atoms with Gasteiger partial charge in [0.2, 0.25) is 0 Å². The second-order valence-corrected chi connectivity index (χ2v) is 10.7. The van der Waals surface area contributed by atoms with E-state index >= 15 is 0 Å². The zero-order valence-corrected chi connectivity index (χ0v) is 21.8. The van der Waals surface area contributed by atoms with E-state index in [4.69, 9.17) is 19.1 Å². The van der Waals surface area contributed by atoms with Crippen LogP contribution in [-0.4, -0.2) is 65.3 Å². The van der Waals surface area contributed by atoms with Crippen molar-refractivity contribution >= 4 is 36.6 Å². The number of rotatable bonds is 4. The van der Waals surface area contributed by atoms with Gasteiger partial charge in [-0.3, -0.25) is 24.3 Å². The summed E-state index contributed by atoms with van der Waals surface area (Å²) in [6.45, 7) is 12.0. The molecule has 1 aliphatic carbocycles. The lowest BCUT2D eigenvalue weighted by molar-refractivity contribution is -0.161. The second kappa shape index (κ2) is 13.9. The van der Waals surface area contributed by atoms with Crippen molar-refractivity contribution in [1.29, 1.82) is 0 Å². The van der Waals surface area contributed by atoms with Crippen molar-refractivity contribution in [2.24, 2.45) is 16.8 Å². The quantitative estimate of drug-likeness (QED) is 0.329. The van der Waals surface area contributed by atoms with Crippen molar-refractivity contribution in [3.63, 3.8) is 0 Å². The maximum atomic E-state index is 12.1. The van der Waals surface area contributed by atoms with Crippen molar-refractivity contribution in [3.05, 3.63) is 12.3 Å². The molecule has 1 amide bonds. The van der Waals surface area contributed by atoms with Gasteiger partial charge >= 0.3 is 12.1 Å². The number of carbonyl (C=O) groups is 5. The maximum Gasteiger partial charge on any atom is 0.410 e. The number of aliphatic imine (C=N–C) groups is 1. The van der Waals surface area contributed by atoms with E-state index in [9.17, 15) is 14.4 Å². The minimum Gasteiger partial charge on any atom is -0.460 e. The predicted molar refractivity (Wildman–Crippen MR) is 132 cm³/mol. The predicted octanol–water partition coefficient (Wildman–Crippen LogP) is 4.07. The Labute approximate surface area is 208 Å². The zero-order chi connectivity index (χ0) is 26.6. The highest BCUT2D eigenvalue weighted by atomic mass is 16.6. The van der Waals surface area contributed by atoms with Crippen molar-refractivity contribution < 1.29 is 33.4 Å². The van der Waals surface area contributed by atoms with Gasteiger partial charge in [0.05, 0.1) is 12.0 Å². The van der Waals surface area contributed by atoms with Crippen LogP contribution < -0.4 is 0 Å². The van der Waals surface area contributed by atoms with Gasteiger partial charge in [0.15, 0.2) is 12.6 Å². The van der Waals surface area contributed by atoms with Gasteiger partial charge in [-0.15, -0.1) is 0 Å². The van der Waals surface area contributed by atoms with Gasteiger partial charge in [0, 0.05) is 30.8 Å². The van der Waals surface area contributed by atoms with Gasteiger partial charge < -0.3 is 14.3 Å². The van der Waals surface area contributed by atoms with Crippen LogP contribution in [0.3, 0.4) is 0 Å². The van der Waals surface area contributed by atoms with Crippen LogP contribution in [0.15, 0.2) is 17.3 Å². The maximum absolute atomic E-state index is 12.1. The minimum atomic E-state index is -0.451. The molecule has 1 unspecified atom stereocenters. The largest absolute Gasteiger partial charge is 0.460 e. The summed E-state index contributed by atoms with van der Waals surface area (Å²) < 4.78 is 10.7. The monoisotopic (exact) mass is 492 g/mol. The zero-order valence-electron chi connectivity index (χ0n) is 21.8. The number of esters is 1. The molecule has 35 heavy (non-hydrogen) atoms. The van der Waals surface area contributed by atoms with E-state index < -0.39 is 11.2 Å². The first kappa shape index (κ1) is 30.2. The molecule has 1 saturated carbocycles. The van der Waals surface area contributed by atoms with Crippen molar-refractivity contribution in [3.8, 4) is 0 Å². The molecular formula is C26H40N2O7. The number of allylic oxidation sites excluding steroid dienone is 1. The summed E-state index contributed by atoms with van der Waals surface area (Å²) in [5.41, 5.74) is 0.209. The SMILES string of the molecule is CC(C)(C)OC(=O)C1CCC[C@H]1C=O.CC(C)(C)OC(=O)N1CCC[C@H]1C1=NC=CC1.O=CC=O. The Balaban J connectivity index is 0.000000309. The number of ether oxygens (including phenoxy) is 2. The third-order valence-corrected chi connectivity index (χ3v) is 5.45. The van der Waals surface area contributed by atoms with Gasteiger partial charge in [0.25, 0.3) is 0 Å². The lowest BCUT2D eigenvalue weighted by Crippen LogP contribution is -2.43. The molecule has 0 aromatic carbocycles. The summed E-state index contributed by atoms with van der Waals surface area (Å²) in [5, 5.41) is 0. The molecule has 9 nitrogen and oxygen atoms in total. The molecule has 0 N–H and O–H groups in total. The summed E-state index contributed by atoms with van der Waals surface area (Å²) in [6.07, 6.45) is 10.4. The molecule has 0 spiro atoms. The highest BCUT2D eigenvalue weighted by Crippen LogP contribution is 2.32. The Morgan fingerprint density at radius 1 is 0.943 bits per heavy atom. The Bertz CT molecular complexity index is 799. The summed E-state index contributed by atoms with van der Waals surface area (Å²) in [7, 11) is 0. The van der Waals surface area contributed by atoms with E-state index in [1.807, 2.05) is 58.7 Å². The summed E-state index contributed by atoms with van der Waals surface area (Å²) >= 11 is 0. The molecule has 196 valence electrons. The molecule has 2 fully saturated rings. The lowest BCUT2D eigenvalue weighted by atomic mass is 9.97. The number of amides is 1. The fraction of sp³-hybridized carbons (Fsp3) is 0.692. The molecule has 0 aromatic rings. The highest BCUT2D eigenvalue weighted by Gasteiger charge is 2.36. The summed E-state index contributed by atoms with van der Waals surface area (Å²) in [6, 6.07) is 0.139. The Morgan fingerprint density at radius 2 is 1.57 bits per heavy atom. The molecule has 2 aliphatic heterocycles. The average Bonchev–Trinajstić information content (AvgIpc) is 3.52. The summed E-state index contributed by atoms with van der Waals surface area (Å²) in [5.74, 6) is -0.538. The van der Waals surface area contributed by atoms with E-state index in [0.717, 1.165) is 57.1 Å². The fourth-order valence-corrected chi connectivity index (χ4v) is 4.07. The van der Waals surface area contributed by atoms with Gasteiger partial charge in [-0.2, -0.15) is 0 Å². The fourth-order valence-electron chi connectivity index (χ4n) is 4.07. The average molecular weight is 493 g/mol. The standard InChI is InChI=1S/C13H20N2O2.C11H18O3.C2H2O2/c1-13(2,3)17-12(16)15-9-5-7-11(15)10-6-4-8-14-10;1-11(2,3)14-10(13)9-6-4-5-8(9)7-12;3-1-2-4/h4,8,11H,5-7,9H2,1-3H3;7-9H,4-6H2,1-3H3;1-2H/t11-;8-,9?;/m00./s1. The molecule has 0 aromatic heterocycles. The smallest absolute Gasteiger partial charge is 0.410 e. The topological polar surface area (TPSA) is 119 Å². The van der Waals surface area contributed by atoms with Crippen LogP contribution in [-0.2, 0) is 28.7 Å². The molecule has 9 heteroatoms.